The molecule has 1 saturated heterocycles. The van der Waals surface area contributed by atoms with E-state index >= 15 is 4.39 Å². The Morgan fingerprint density at radius 2 is 1.95 bits per heavy atom. The van der Waals surface area contributed by atoms with E-state index in [0.29, 0.717) is 17.2 Å². The lowest BCUT2D eigenvalue weighted by atomic mass is 9.94. The van der Waals surface area contributed by atoms with Gasteiger partial charge in [-0.2, -0.15) is 5.10 Å². The maximum absolute atomic E-state index is 15.3. The summed E-state index contributed by atoms with van der Waals surface area (Å²) >= 11 is 0. The number of pyridine rings is 1. The zero-order chi connectivity index (χ0) is 31.0. The first kappa shape index (κ1) is 36.2. The smallest absolute Gasteiger partial charge is 0.232 e. The Kier molecular flexibility index (Phi) is 13.6. The Morgan fingerprint density at radius 1 is 1.28 bits per heavy atom. The molecule has 7 nitrogen and oxygen atoms in total. The van der Waals surface area contributed by atoms with Gasteiger partial charge in [-0.1, -0.05) is 20.4 Å². The fourth-order valence-corrected chi connectivity index (χ4v) is 5.58. The van der Waals surface area contributed by atoms with E-state index in [0.717, 1.165) is 66.5 Å². The number of ether oxygens (including phenoxy) is 1. The molecule has 0 bridgehead atoms. The fourth-order valence-electron chi connectivity index (χ4n) is 5.58. The summed E-state index contributed by atoms with van der Waals surface area (Å²) in [6.07, 6.45) is 15.2. The van der Waals surface area contributed by atoms with Crippen molar-refractivity contribution in [2.24, 2.45) is 10.9 Å². The highest BCUT2D eigenvalue weighted by atomic mass is 19.2. The van der Waals surface area contributed by atoms with Gasteiger partial charge >= 0.3 is 0 Å². The van der Waals surface area contributed by atoms with Gasteiger partial charge in [0.05, 0.1) is 12.2 Å². The van der Waals surface area contributed by atoms with Gasteiger partial charge in [-0.3, -0.25) is 19.6 Å². The van der Waals surface area contributed by atoms with Gasteiger partial charge in [0.15, 0.2) is 0 Å². The molecular formula is C34H52F2N6O. The van der Waals surface area contributed by atoms with Crippen LogP contribution in [0.3, 0.4) is 0 Å². The van der Waals surface area contributed by atoms with E-state index in [1.807, 2.05) is 50.3 Å². The van der Waals surface area contributed by atoms with E-state index in [2.05, 4.69) is 53.3 Å². The third-order valence-electron chi connectivity index (χ3n) is 8.47. The molecule has 3 rings (SSSR count). The average molecular weight is 599 g/mol. The molecule has 0 spiro atoms. The fraction of sp³-hybridized carbons (Fsp3) is 0.559. The van der Waals surface area contributed by atoms with Crippen molar-refractivity contribution in [3.63, 3.8) is 0 Å². The number of piperidine rings is 1. The third kappa shape index (κ3) is 9.24. The first-order chi connectivity index (χ1) is 19.9. The summed E-state index contributed by atoms with van der Waals surface area (Å²) in [4.78, 5) is 13.9. The van der Waals surface area contributed by atoms with Crippen LogP contribution < -0.4 is 0 Å². The Morgan fingerprint density at radius 3 is 2.53 bits per heavy atom. The molecule has 0 amide bonds. The van der Waals surface area contributed by atoms with Crippen LogP contribution in [0.15, 0.2) is 47.3 Å². The molecule has 0 aromatic carbocycles. The molecule has 0 saturated carbocycles. The van der Waals surface area contributed by atoms with Gasteiger partial charge in [-0.15, -0.1) is 0 Å². The zero-order valence-corrected chi connectivity index (χ0v) is 27.6. The van der Waals surface area contributed by atoms with Crippen LogP contribution in [0.1, 0.15) is 63.9 Å². The second kappa shape index (κ2) is 16.2. The predicted molar refractivity (Wildman–Crippen MR) is 177 cm³/mol. The summed E-state index contributed by atoms with van der Waals surface area (Å²) in [7, 11) is 5.46. The quantitative estimate of drug-likeness (QED) is 0.184. The van der Waals surface area contributed by atoms with Gasteiger partial charge in [-0.05, 0) is 95.8 Å². The summed E-state index contributed by atoms with van der Waals surface area (Å²) in [5.74, 6) is -1.24. The number of hydrogen-bond donors (Lipinski definition) is 0. The number of alkyl halides is 1. The molecule has 1 fully saturated rings. The van der Waals surface area contributed by atoms with Crippen LogP contribution in [-0.2, 0) is 4.74 Å². The van der Waals surface area contributed by atoms with E-state index in [4.69, 9.17) is 9.84 Å². The average Bonchev–Trinajstić information content (AvgIpc) is 3.32. The molecule has 2 aromatic heterocycles. The van der Waals surface area contributed by atoms with Crippen LogP contribution >= 0.6 is 0 Å². The third-order valence-corrected chi connectivity index (χ3v) is 8.47. The monoisotopic (exact) mass is 598 g/mol. The van der Waals surface area contributed by atoms with Gasteiger partial charge in [0.25, 0.3) is 0 Å². The van der Waals surface area contributed by atoms with Crippen molar-refractivity contribution < 1.29 is 13.8 Å². The van der Waals surface area contributed by atoms with E-state index in [1.165, 1.54) is 20.5 Å². The topological polar surface area (TPSA) is 58.8 Å². The predicted octanol–water partition coefficient (Wildman–Crippen LogP) is 6.99. The minimum Gasteiger partial charge on any atom is -0.346 e. The summed E-state index contributed by atoms with van der Waals surface area (Å²) in [5.41, 5.74) is 5.46. The maximum Gasteiger partial charge on any atom is 0.232 e. The highest BCUT2D eigenvalue weighted by molar-refractivity contribution is 5.79. The lowest BCUT2D eigenvalue weighted by Crippen LogP contribution is -2.47. The van der Waals surface area contributed by atoms with Gasteiger partial charge in [-0.25, -0.2) is 9.07 Å². The van der Waals surface area contributed by atoms with Gasteiger partial charge < -0.3 is 9.64 Å². The highest BCUT2D eigenvalue weighted by Gasteiger charge is 2.29. The van der Waals surface area contributed by atoms with Crippen LogP contribution in [0.25, 0.3) is 23.4 Å². The number of nitrogens with zero attached hydrogens (tertiary/aromatic N) is 6. The molecule has 2 atom stereocenters. The number of halogens is 2. The molecule has 3 heterocycles. The second-order valence-electron chi connectivity index (χ2n) is 12.1. The number of hydrogen-bond acceptors (Lipinski definition) is 6. The summed E-state index contributed by atoms with van der Waals surface area (Å²) in [6.45, 7) is 19.0. The molecule has 0 aliphatic carbocycles. The lowest BCUT2D eigenvalue weighted by Gasteiger charge is -2.38. The summed E-state index contributed by atoms with van der Waals surface area (Å²) in [5, 5.41) is 4.69. The first-order valence-electron chi connectivity index (χ1n) is 15.1. The molecule has 1 aliphatic rings. The molecular weight excluding hydrogens is 546 g/mol. The minimum atomic E-state index is -1.97. The van der Waals surface area contributed by atoms with Crippen molar-refractivity contribution in [3.8, 4) is 11.1 Å². The molecule has 2 aromatic rings. The van der Waals surface area contributed by atoms with Crippen molar-refractivity contribution in [2.45, 2.75) is 78.7 Å². The molecule has 0 radical (unpaired) electrons. The molecule has 1 aliphatic heterocycles. The SMILES string of the molecule is C=C(C)/C(=C\c1c(-c2cnn(/C=C\C(/C=N\C)N3CCC(N(C)CCC(C)C)CC3)c2C)ccnc1C)C(C)(F)OC.F. The molecule has 43 heavy (non-hydrogen) atoms. The largest absolute Gasteiger partial charge is 0.346 e. The van der Waals surface area contributed by atoms with Crippen LogP contribution in [0.5, 0.6) is 0 Å². The Labute approximate surface area is 257 Å². The second-order valence-corrected chi connectivity index (χ2v) is 12.1. The van der Waals surface area contributed by atoms with Crippen LogP contribution in [0, 0.1) is 19.8 Å². The number of likely N-dealkylation sites (tertiary alicyclic amines) is 1. The van der Waals surface area contributed by atoms with Crippen molar-refractivity contribution in [1.29, 1.82) is 0 Å². The molecule has 0 N–H and O–H groups in total. The Hall–Kier alpha value is -3.01. The van der Waals surface area contributed by atoms with Crippen molar-refractivity contribution in [2.75, 3.05) is 40.8 Å². The van der Waals surface area contributed by atoms with E-state index < -0.39 is 5.85 Å². The lowest BCUT2D eigenvalue weighted by molar-refractivity contribution is -0.0700. The van der Waals surface area contributed by atoms with Crippen LogP contribution in [-0.4, -0.2) is 89.6 Å². The van der Waals surface area contributed by atoms with Crippen molar-refractivity contribution >= 4 is 18.5 Å². The van der Waals surface area contributed by atoms with Crippen LogP contribution in [0.2, 0.25) is 0 Å². The standard InChI is InChI=1S/C34H51FN6O.FH/c1-24(2)12-17-39(9)28-13-18-40(19-14-28)29(22-36-8)15-20-41-27(6)32(23-38-41)30-11-16-37-26(5)31(30)21-33(25(3)4)34(7,35)42-10;/h11,15-16,20-24,28-29H,3,12-14,17-19H2,1-2,4-10H3;1H/b20-15-,33-21+,36-22-;. The number of aryl methyl sites for hydroxylation is 1. The van der Waals surface area contributed by atoms with Gasteiger partial charge in [0.1, 0.15) is 0 Å². The van der Waals surface area contributed by atoms with Crippen molar-refractivity contribution in [3.05, 3.63) is 59.2 Å². The van der Waals surface area contributed by atoms with Gasteiger partial charge in [0, 0.05) is 80.0 Å². The van der Waals surface area contributed by atoms with Crippen molar-refractivity contribution in [1.82, 2.24) is 24.6 Å². The minimum absolute atomic E-state index is 0. The van der Waals surface area contributed by atoms with E-state index in [-0.39, 0.29) is 10.7 Å². The number of aromatic nitrogens is 3. The molecule has 2 unspecified atom stereocenters. The normalized spacial score (nSPS) is 17.6. The first-order valence-corrected chi connectivity index (χ1v) is 15.1. The molecule has 238 valence electrons. The Bertz CT molecular complexity index is 1290. The summed E-state index contributed by atoms with van der Waals surface area (Å²) < 4.78 is 22.3. The maximum atomic E-state index is 15.3. The highest BCUT2D eigenvalue weighted by Crippen LogP contribution is 2.35. The van der Waals surface area contributed by atoms with Gasteiger partial charge in [0.2, 0.25) is 5.85 Å². The van der Waals surface area contributed by atoms with Crippen LogP contribution in [0.4, 0.5) is 9.09 Å². The van der Waals surface area contributed by atoms with E-state index in [9.17, 15) is 0 Å². The number of aliphatic imine (C=N–C) groups is 1. The molecule has 9 heteroatoms. The number of methoxy groups -OCH3 is 1. The van der Waals surface area contributed by atoms with E-state index in [1.54, 1.807) is 19.2 Å². The summed E-state index contributed by atoms with van der Waals surface area (Å²) in [6, 6.07) is 2.68. The Balaban J connectivity index is 0.00000645. The zero-order valence-electron chi connectivity index (χ0n) is 27.6. The number of rotatable bonds is 13.